The summed E-state index contributed by atoms with van der Waals surface area (Å²) < 4.78 is 4.53. The molecule has 0 saturated heterocycles. The van der Waals surface area contributed by atoms with Crippen LogP contribution < -0.4 is 5.73 Å². The van der Waals surface area contributed by atoms with Gasteiger partial charge in [0.2, 0.25) is 0 Å². The lowest BCUT2D eigenvalue weighted by atomic mass is 10.7. The fourth-order valence-electron chi connectivity index (χ4n) is 0.211. The minimum atomic E-state index is -0.268. The van der Waals surface area contributed by atoms with Crippen molar-refractivity contribution >= 4 is 21.9 Å². The Morgan fingerprint density at radius 3 is 2.75 bits per heavy atom. The molecule has 3 nitrogen and oxygen atoms in total. The lowest BCUT2D eigenvalue weighted by Crippen LogP contribution is -2.13. The smallest absolute Gasteiger partial charge is 0.316 e. The van der Waals surface area contributed by atoms with Crippen molar-refractivity contribution in [1.29, 1.82) is 0 Å². The third kappa shape index (κ3) is 4.08. The average molecular weight is 182 g/mol. The molecule has 0 aromatic rings. The maximum absolute atomic E-state index is 10.2. The van der Waals surface area contributed by atoms with Gasteiger partial charge in [0.15, 0.2) is 0 Å². The number of hydrogen-bond donors (Lipinski definition) is 1. The third-order valence-electron chi connectivity index (χ3n) is 0.490. The van der Waals surface area contributed by atoms with Crippen LogP contribution in [0.1, 0.15) is 0 Å². The van der Waals surface area contributed by atoms with E-state index < -0.39 is 0 Å². The predicted molar refractivity (Wildman–Crippen MR) is 33.8 cm³/mol. The summed E-state index contributed by atoms with van der Waals surface area (Å²) in [6, 6.07) is 0. The first kappa shape index (κ1) is 7.91. The first-order valence-corrected chi connectivity index (χ1v) is 3.35. The van der Waals surface area contributed by atoms with Crippen LogP contribution in [0, 0.1) is 0 Å². The molecule has 0 fully saturated rings. The second kappa shape index (κ2) is 5.05. The molecule has 0 bridgehead atoms. The summed E-state index contributed by atoms with van der Waals surface area (Å²) in [5.74, 6) is -0.268. The maximum Gasteiger partial charge on any atom is 0.316 e. The Morgan fingerprint density at radius 2 is 2.38 bits per heavy atom. The van der Waals surface area contributed by atoms with Crippen LogP contribution in [0.2, 0.25) is 0 Å². The largest absolute Gasteiger partial charge is 0.464 e. The van der Waals surface area contributed by atoms with Crippen LogP contribution in [0.4, 0.5) is 0 Å². The van der Waals surface area contributed by atoms with Crippen LogP contribution in [0.15, 0.2) is 0 Å². The molecule has 0 saturated carbocycles. The summed E-state index contributed by atoms with van der Waals surface area (Å²) in [6.45, 7) is 0.698. The Morgan fingerprint density at radius 1 is 1.75 bits per heavy atom. The molecule has 0 aliphatic carbocycles. The van der Waals surface area contributed by atoms with Crippen LogP contribution in [0.5, 0.6) is 0 Å². The highest BCUT2D eigenvalue weighted by Crippen LogP contribution is 1.82. The van der Waals surface area contributed by atoms with E-state index in [1.54, 1.807) is 0 Å². The molecule has 0 unspecified atom stereocenters. The van der Waals surface area contributed by atoms with Crippen LogP contribution in [0.3, 0.4) is 0 Å². The molecule has 0 spiro atoms. The van der Waals surface area contributed by atoms with Gasteiger partial charge in [0.25, 0.3) is 0 Å². The molecule has 0 aliphatic rings. The van der Waals surface area contributed by atoms with Crippen molar-refractivity contribution in [2.45, 2.75) is 0 Å². The molecule has 0 radical (unpaired) electrons. The summed E-state index contributed by atoms with van der Waals surface area (Å²) in [6.07, 6.45) is 0. The second-order valence-corrected chi connectivity index (χ2v) is 1.70. The first-order valence-electron chi connectivity index (χ1n) is 2.23. The highest BCUT2D eigenvalue weighted by atomic mass is 79.9. The van der Waals surface area contributed by atoms with Gasteiger partial charge in [-0.1, -0.05) is 15.9 Å². The Kier molecular flexibility index (Phi) is 5.00. The number of esters is 1. The highest BCUT2D eigenvalue weighted by molar-refractivity contribution is 9.09. The minimum absolute atomic E-state index is 0.243. The van der Waals surface area contributed by atoms with Crippen molar-refractivity contribution in [2.24, 2.45) is 5.73 Å². The van der Waals surface area contributed by atoms with Gasteiger partial charge in [-0.3, -0.25) is 4.79 Å². The predicted octanol–water partition coefficient (Wildman–Crippen LogP) is -0.117. The zero-order valence-electron chi connectivity index (χ0n) is 4.39. The standard InChI is InChI=1S/C4H8BrNO2/c5-3-4(7)8-2-1-6/h1-3,6H2. The first-order chi connectivity index (χ1) is 3.81. The molecule has 8 heavy (non-hydrogen) atoms. The molecule has 2 N–H and O–H groups in total. The summed E-state index contributed by atoms with van der Waals surface area (Å²) >= 11 is 2.93. The number of halogens is 1. The number of carbonyl (C=O) groups excluding carboxylic acids is 1. The molecule has 0 rings (SSSR count). The third-order valence-corrected chi connectivity index (χ3v) is 0.948. The van der Waals surface area contributed by atoms with Crippen molar-refractivity contribution in [2.75, 3.05) is 18.5 Å². The van der Waals surface area contributed by atoms with Crippen molar-refractivity contribution in [3.63, 3.8) is 0 Å². The van der Waals surface area contributed by atoms with Gasteiger partial charge in [0.1, 0.15) is 11.9 Å². The number of carbonyl (C=O) groups is 1. The van der Waals surface area contributed by atoms with E-state index in [-0.39, 0.29) is 11.3 Å². The van der Waals surface area contributed by atoms with Crippen LogP contribution in [-0.2, 0) is 9.53 Å². The van der Waals surface area contributed by atoms with E-state index in [2.05, 4.69) is 20.7 Å². The van der Waals surface area contributed by atoms with E-state index in [9.17, 15) is 4.79 Å². The molecule has 0 atom stereocenters. The van der Waals surface area contributed by atoms with E-state index in [1.165, 1.54) is 0 Å². The number of alkyl halides is 1. The second-order valence-electron chi connectivity index (χ2n) is 1.14. The molecule has 0 amide bonds. The van der Waals surface area contributed by atoms with Gasteiger partial charge < -0.3 is 10.5 Å². The van der Waals surface area contributed by atoms with E-state index in [1.807, 2.05) is 0 Å². The molecule has 0 aromatic carbocycles. The van der Waals surface area contributed by atoms with Gasteiger partial charge in [-0.25, -0.2) is 0 Å². The zero-order valence-corrected chi connectivity index (χ0v) is 5.98. The normalized spacial score (nSPS) is 8.75. The highest BCUT2D eigenvalue weighted by Gasteiger charge is 1.94. The summed E-state index contributed by atoms with van der Waals surface area (Å²) in [5, 5.41) is 0.243. The van der Waals surface area contributed by atoms with Gasteiger partial charge in [-0.2, -0.15) is 0 Å². The number of hydrogen-bond acceptors (Lipinski definition) is 3. The van der Waals surface area contributed by atoms with Gasteiger partial charge >= 0.3 is 5.97 Å². The number of rotatable bonds is 3. The number of nitrogens with two attached hydrogens (primary N) is 1. The fourth-order valence-corrected chi connectivity index (χ4v) is 0.373. The Hall–Kier alpha value is -0.0900. The van der Waals surface area contributed by atoms with Gasteiger partial charge in [-0.05, 0) is 0 Å². The maximum atomic E-state index is 10.2. The Bertz CT molecular complexity index is 76.4. The Labute approximate surface area is 56.3 Å². The van der Waals surface area contributed by atoms with E-state index in [0.717, 1.165) is 0 Å². The van der Waals surface area contributed by atoms with E-state index in [4.69, 9.17) is 5.73 Å². The Balaban J connectivity index is 2.99. The van der Waals surface area contributed by atoms with Crippen LogP contribution in [-0.4, -0.2) is 24.5 Å². The zero-order chi connectivity index (χ0) is 6.41. The summed E-state index contributed by atoms with van der Waals surface area (Å²) in [4.78, 5) is 10.2. The lowest BCUT2D eigenvalue weighted by Gasteiger charge is -1.96. The van der Waals surface area contributed by atoms with E-state index >= 15 is 0 Å². The lowest BCUT2D eigenvalue weighted by molar-refractivity contribution is -0.139. The van der Waals surface area contributed by atoms with Gasteiger partial charge in [0, 0.05) is 6.54 Å². The quantitative estimate of drug-likeness (QED) is 0.489. The van der Waals surface area contributed by atoms with Crippen molar-refractivity contribution < 1.29 is 9.53 Å². The monoisotopic (exact) mass is 181 g/mol. The summed E-state index contributed by atoms with van der Waals surface area (Å²) in [5.41, 5.74) is 5.04. The topological polar surface area (TPSA) is 52.3 Å². The average Bonchev–Trinajstić information content (AvgIpc) is 1.83. The molecule has 0 aromatic heterocycles. The number of ether oxygens (including phenoxy) is 1. The molecule has 4 heteroatoms. The molecule has 48 valence electrons. The van der Waals surface area contributed by atoms with Gasteiger partial charge in [-0.15, -0.1) is 0 Å². The molecule has 0 heterocycles. The molecular weight excluding hydrogens is 174 g/mol. The summed E-state index contributed by atoms with van der Waals surface area (Å²) in [7, 11) is 0. The molecular formula is C4H8BrNO2. The van der Waals surface area contributed by atoms with Crippen molar-refractivity contribution in [3.8, 4) is 0 Å². The van der Waals surface area contributed by atoms with Crippen molar-refractivity contribution in [3.05, 3.63) is 0 Å². The SMILES string of the molecule is NCCOC(=O)CBr. The van der Waals surface area contributed by atoms with Gasteiger partial charge in [0.05, 0.1) is 0 Å². The van der Waals surface area contributed by atoms with Crippen LogP contribution in [0.25, 0.3) is 0 Å². The molecule has 0 aliphatic heterocycles. The minimum Gasteiger partial charge on any atom is -0.464 e. The van der Waals surface area contributed by atoms with Crippen molar-refractivity contribution in [1.82, 2.24) is 0 Å². The fraction of sp³-hybridized carbons (Fsp3) is 0.750. The van der Waals surface area contributed by atoms with E-state index in [0.29, 0.717) is 13.2 Å². The van der Waals surface area contributed by atoms with Crippen LogP contribution >= 0.6 is 15.9 Å².